The molecule has 2 aromatic carbocycles. The van der Waals surface area contributed by atoms with Gasteiger partial charge in [-0.2, -0.15) is 4.58 Å². The molecular formula is C32H41N2O2+. The topological polar surface area (TPSA) is 32.5 Å². The molecule has 190 valence electrons. The number of nitrogens with zero attached hydrogens (tertiary/aromatic N) is 2. The van der Waals surface area contributed by atoms with Crippen LogP contribution in [0.15, 0.2) is 66.4 Å². The van der Waals surface area contributed by atoms with Crippen LogP contribution in [0.4, 0.5) is 11.4 Å². The lowest BCUT2D eigenvalue weighted by molar-refractivity contribution is -0.438. The molecule has 2 aliphatic heterocycles. The molecule has 4 rings (SSSR count). The van der Waals surface area contributed by atoms with Crippen LogP contribution in [0.1, 0.15) is 78.4 Å². The number of anilines is 1. The van der Waals surface area contributed by atoms with Gasteiger partial charge in [0, 0.05) is 47.5 Å². The Hall–Kier alpha value is -3.14. The number of hydrogen-bond acceptors (Lipinski definition) is 3. The Labute approximate surface area is 217 Å². The molecule has 0 unspecified atom stereocenters. The molecule has 2 heterocycles. The number of rotatable bonds is 10. The van der Waals surface area contributed by atoms with Crippen LogP contribution in [0.2, 0.25) is 0 Å². The van der Waals surface area contributed by atoms with Gasteiger partial charge in [-0.25, -0.2) is 0 Å². The number of hydrogen-bond donors (Lipinski definition) is 0. The Morgan fingerprint density at radius 3 is 2.42 bits per heavy atom. The van der Waals surface area contributed by atoms with E-state index in [9.17, 15) is 4.79 Å². The Kier molecular flexibility index (Phi) is 7.54. The zero-order valence-corrected chi connectivity index (χ0v) is 22.8. The SMILES string of the molecule is CCCCN1C(=CC=CC2=[N+](CCCC)c3ccccc3C2(C)C)C(C)(C)c2cc(OC=O)ccc21. The van der Waals surface area contributed by atoms with Crippen molar-refractivity contribution < 1.29 is 14.1 Å². The Balaban J connectivity index is 1.75. The fraction of sp³-hybridized carbons (Fsp3) is 0.438. The molecule has 0 amide bonds. The fourth-order valence-electron chi connectivity index (χ4n) is 5.77. The summed E-state index contributed by atoms with van der Waals surface area (Å²) in [5.74, 6) is 0.594. The molecule has 2 aromatic rings. The van der Waals surface area contributed by atoms with Crippen molar-refractivity contribution in [2.24, 2.45) is 0 Å². The smallest absolute Gasteiger partial charge is 0.298 e. The lowest BCUT2D eigenvalue weighted by atomic mass is 9.81. The molecule has 4 nitrogen and oxygen atoms in total. The van der Waals surface area contributed by atoms with Crippen LogP contribution in [0.5, 0.6) is 5.75 Å². The van der Waals surface area contributed by atoms with Crippen LogP contribution >= 0.6 is 0 Å². The maximum Gasteiger partial charge on any atom is 0.298 e. The predicted molar refractivity (Wildman–Crippen MR) is 150 cm³/mol. The van der Waals surface area contributed by atoms with Gasteiger partial charge in [-0.3, -0.25) is 4.79 Å². The first-order valence-electron chi connectivity index (χ1n) is 13.4. The molecule has 2 aliphatic rings. The average Bonchev–Trinajstić information content (AvgIpc) is 3.20. The summed E-state index contributed by atoms with van der Waals surface area (Å²) in [5.41, 5.74) is 7.52. The average molecular weight is 486 g/mol. The van der Waals surface area contributed by atoms with Crippen molar-refractivity contribution in [2.45, 2.75) is 78.1 Å². The normalized spacial score (nSPS) is 18.7. The summed E-state index contributed by atoms with van der Waals surface area (Å²) >= 11 is 0. The second-order valence-electron chi connectivity index (χ2n) is 11.0. The van der Waals surface area contributed by atoms with E-state index in [-0.39, 0.29) is 10.8 Å². The van der Waals surface area contributed by atoms with Gasteiger partial charge in [-0.05, 0) is 50.1 Å². The molecule has 36 heavy (non-hydrogen) atoms. The van der Waals surface area contributed by atoms with Gasteiger partial charge in [0.05, 0.1) is 5.41 Å². The Bertz CT molecular complexity index is 1220. The molecule has 0 radical (unpaired) electrons. The quantitative estimate of drug-likeness (QED) is 0.259. The molecule has 0 aliphatic carbocycles. The van der Waals surface area contributed by atoms with Crippen LogP contribution in [-0.4, -0.2) is 29.8 Å². The van der Waals surface area contributed by atoms with E-state index in [1.165, 1.54) is 46.8 Å². The van der Waals surface area contributed by atoms with Gasteiger partial charge in [0.1, 0.15) is 12.3 Å². The van der Waals surface area contributed by atoms with Gasteiger partial charge in [-0.1, -0.05) is 64.8 Å². The second kappa shape index (κ2) is 10.5. The molecule has 0 saturated carbocycles. The van der Waals surface area contributed by atoms with Gasteiger partial charge >= 0.3 is 0 Å². The van der Waals surface area contributed by atoms with E-state index in [4.69, 9.17) is 4.74 Å². The Morgan fingerprint density at radius 2 is 1.69 bits per heavy atom. The minimum Gasteiger partial charge on any atom is -0.429 e. The highest BCUT2D eigenvalue weighted by atomic mass is 16.5. The molecule has 0 fully saturated rings. The molecule has 0 aromatic heterocycles. The van der Waals surface area contributed by atoms with Crippen LogP contribution in [0.3, 0.4) is 0 Å². The van der Waals surface area contributed by atoms with E-state index >= 15 is 0 Å². The lowest BCUT2D eigenvalue weighted by Crippen LogP contribution is -2.28. The second-order valence-corrected chi connectivity index (χ2v) is 11.0. The highest BCUT2D eigenvalue weighted by Crippen LogP contribution is 2.49. The summed E-state index contributed by atoms with van der Waals surface area (Å²) in [6, 6.07) is 14.8. The zero-order chi connectivity index (χ0) is 25.9. The summed E-state index contributed by atoms with van der Waals surface area (Å²) in [6.45, 7) is 16.2. The van der Waals surface area contributed by atoms with Crippen LogP contribution in [0, 0.1) is 0 Å². The van der Waals surface area contributed by atoms with E-state index in [0.717, 1.165) is 25.9 Å². The molecule has 0 N–H and O–H groups in total. The van der Waals surface area contributed by atoms with Crippen molar-refractivity contribution in [3.05, 3.63) is 77.5 Å². The highest BCUT2D eigenvalue weighted by Gasteiger charge is 2.44. The van der Waals surface area contributed by atoms with E-state index in [1.54, 1.807) is 0 Å². The third-order valence-corrected chi connectivity index (χ3v) is 7.83. The first kappa shape index (κ1) is 25.9. The van der Waals surface area contributed by atoms with Crippen molar-refractivity contribution >= 4 is 23.6 Å². The molecular weight excluding hydrogens is 444 g/mol. The first-order chi connectivity index (χ1) is 17.3. The van der Waals surface area contributed by atoms with Gasteiger partial charge in [0.2, 0.25) is 5.69 Å². The van der Waals surface area contributed by atoms with Gasteiger partial charge in [-0.15, -0.1) is 0 Å². The molecule has 0 spiro atoms. The summed E-state index contributed by atoms with van der Waals surface area (Å²) < 4.78 is 7.70. The van der Waals surface area contributed by atoms with E-state index in [2.05, 4.69) is 99.6 Å². The molecule has 0 atom stereocenters. The molecule has 0 saturated heterocycles. The van der Waals surface area contributed by atoms with E-state index < -0.39 is 0 Å². The summed E-state index contributed by atoms with van der Waals surface area (Å²) in [5, 5.41) is 0. The Morgan fingerprint density at radius 1 is 0.944 bits per heavy atom. The van der Waals surface area contributed by atoms with Gasteiger partial charge in [0.25, 0.3) is 6.47 Å². The van der Waals surface area contributed by atoms with Crippen LogP contribution < -0.4 is 9.64 Å². The zero-order valence-electron chi connectivity index (χ0n) is 22.8. The number of fused-ring (bicyclic) bond motifs is 2. The maximum absolute atomic E-state index is 10.9. The third kappa shape index (κ3) is 4.54. The van der Waals surface area contributed by atoms with Crippen molar-refractivity contribution in [1.82, 2.24) is 0 Å². The number of carbonyl (C=O) groups is 1. The van der Waals surface area contributed by atoms with E-state index in [0.29, 0.717) is 12.2 Å². The van der Waals surface area contributed by atoms with Gasteiger partial charge in [0.15, 0.2) is 5.71 Å². The lowest BCUT2D eigenvalue weighted by Gasteiger charge is -2.27. The third-order valence-electron chi connectivity index (χ3n) is 7.83. The first-order valence-corrected chi connectivity index (χ1v) is 13.4. The molecule has 4 heteroatoms. The fourth-order valence-corrected chi connectivity index (χ4v) is 5.77. The largest absolute Gasteiger partial charge is 0.429 e. The van der Waals surface area contributed by atoms with Crippen LogP contribution in [-0.2, 0) is 15.6 Å². The van der Waals surface area contributed by atoms with Crippen molar-refractivity contribution in [3.8, 4) is 5.75 Å². The summed E-state index contributed by atoms with van der Waals surface area (Å²) in [4.78, 5) is 13.4. The monoisotopic (exact) mass is 485 g/mol. The number of allylic oxidation sites excluding steroid dienone is 4. The number of para-hydroxylation sites is 1. The van der Waals surface area contributed by atoms with E-state index in [1.807, 2.05) is 12.1 Å². The van der Waals surface area contributed by atoms with Crippen molar-refractivity contribution in [2.75, 3.05) is 18.0 Å². The van der Waals surface area contributed by atoms with Gasteiger partial charge < -0.3 is 9.64 Å². The minimum absolute atomic E-state index is 0.0452. The van der Waals surface area contributed by atoms with Crippen molar-refractivity contribution in [1.29, 1.82) is 0 Å². The predicted octanol–water partition coefficient (Wildman–Crippen LogP) is 7.44. The maximum atomic E-state index is 10.9. The van der Waals surface area contributed by atoms with Crippen LogP contribution in [0.25, 0.3) is 0 Å². The summed E-state index contributed by atoms with van der Waals surface area (Å²) in [7, 11) is 0. The highest BCUT2D eigenvalue weighted by molar-refractivity contribution is 6.03. The van der Waals surface area contributed by atoms with Crippen molar-refractivity contribution in [3.63, 3.8) is 0 Å². The number of unbranched alkanes of at least 4 members (excludes halogenated alkanes) is 2. The summed E-state index contributed by atoms with van der Waals surface area (Å²) in [6.07, 6.45) is 11.5. The standard InChI is InChI=1S/C32H41N2O2/c1-7-9-20-33-27-15-12-11-14-25(27)31(3,4)29(33)16-13-17-30-32(5,6)26-22-24(36-23-35)18-19-28(26)34(30)21-10-8-2/h11-19,22-23H,7-10,20-21H2,1-6H3/q+1. The number of ether oxygens (including phenoxy) is 1. The number of carbonyl (C=O) groups excluding carboxylic acids is 1. The number of benzene rings is 2. The molecule has 0 bridgehead atoms. The minimum atomic E-state index is -0.198.